The number of carbonyl (C=O) groups is 1. The number of aliphatic carboxylic acids is 1. The first-order valence-corrected chi connectivity index (χ1v) is 14.2. The molecule has 206 valence electrons. The molecule has 2 aliphatic heterocycles. The molecule has 4 aromatic carbocycles. The van der Waals surface area contributed by atoms with Crippen molar-refractivity contribution in [1.29, 1.82) is 0 Å². The van der Waals surface area contributed by atoms with E-state index in [0.717, 1.165) is 28.6 Å². The monoisotopic (exact) mass is 543 g/mol. The summed E-state index contributed by atoms with van der Waals surface area (Å²) >= 11 is 0. The van der Waals surface area contributed by atoms with Gasteiger partial charge in [-0.2, -0.15) is 0 Å². The Kier molecular flexibility index (Phi) is 6.28. The van der Waals surface area contributed by atoms with E-state index < -0.39 is 11.5 Å². The van der Waals surface area contributed by atoms with Crippen LogP contribution in [0, 0.1) is 0 Å². The Hall–Kier alpha value is -4.55. The molecule has 3 atom stereocenters. The number of rotatable bonds is 7. The summed E-state index contributed by atoms with van der Waals surface area (Å²) in [7, 11) is 1.64. The second-order valence-corrected chi connectivity index (χ2v) is 11.2. The fourth-order valence-corrected chi connectivity index (χ4v) is 7.14. The van der Waals surface area contributed by atoms with E-state index in [0.29, 0.717) is 25.3 Å². The van der Waals surface area contributed by atoms with E-state index in [9.17, 15) is 9.90 Å². The fraction of sp³-hybridized carbons (Fsp3) is 0.229. The average molecular weight is 544 g/mol. The number of nitrogens with zero attached hydrogens (tertiary/aromatic N) is 2. The lowest BCUT2D eigenvalue weighted by Gasteiger charge is -2.50. The largest absolute Gasteiger partial charge is 0.497 e. The van der Waals surface area contributed by atoms with E-state index >= 15 is 0 Å². The van der Waals surface area contributed by atoms with Crippen LogP contribution in [0.3, 0.4) is 0 Å². The Labute approximate surface area is 239 Å². The summed E-state index contributed by atoms with van der Waals surface area (Å²) in [5.41, 5.74) is 5.23. The molecule has 0 aliphatic carbocycles. The highest BCUT2D eigenvalue weighted by Crippen LogP contribution is 2.54. The van der Waals surface area contributed by atoms with Gasteiger partial charge in [-0.25, -0.2) is 4.79 Å². The number of nitrogens with one attached hydrogen (secondary N) is 1. The number of fused-ring (bicyclic) bond motifs is 4. The number of para-hydroxylation sites is 1. The maximum atomic E-state index is 13.7. The van der Waals surface area contributed by atoms with E-state index in [4.69, 9.17) is 4.74 Å². The lowest BCUT2D eigenvalue weighted by molar-refractivity contribution is -0.157. The summed E-state index contributed by atoms with van der Waals surface area (Å²) in [6.45, 7) is 1.93. The topological polar surface area (TPSA) is 68.8 Å². The van der Waals surface area contributed by atoms with Gasteiger partial charge >= 0.3 is 5.97 Å². The molecule has 0 spiro atoms. The first kappa shape index (κ1) is 25.4. The van der Waals surface area contributed by atoms with Crippen molar-refractivity contribution >= 4 is 22.6 Å². The van der Waals surface area contributed by atoms with Gasteiger partial charge in [-0.15, -0.1) is 0 Å². The molecule has 0 saturated carbocycles. The molecule has 0 amide bonds. The molecule has 1 aromatic heterocycles. The molecule has 3 unspecified atom stereocenters. The number of methoxy groups -OCH3 is 1. The highest BCUT2D eigenvalue weighted by atomic mass is 16.5. The Morgan fingerprint density at radius 3 is 2.32 bits per heavy atom. The Morgan fingerprint density at radius 2 is 1.61 bits per heavy atom. The van der Waals surface area contributed by atoms with Crippen LogP contribution in [0.4, 0.5) is 5.69 Å². The van der Waals surface area contributed by atoms with Crippen LogP contribution in [-0.4, -0.2) is 40.7 Å². The second kappa shape index (κ2) is 10.1. The number of hydrogen-bond donors (Lipinski definition) is 2. The number of hydrogen-bond acceptors (Lipinski definition) is 4. The van der Waals surface area contributed by atoms with Gasteiger partial charge in [0, 0.05) is 59.9 Å². The molecule has 6 nitrogen and oxygen atoms in total. The Balaban J connectivity index is 1.39. The van der Waals surface area contributed by atoms with Crippen LogP contribution in [-0.2, 0) is 23.4 Å². The standard InChI is InChI=1S/C35H33N3O3/c1-41-26-16-17-31-28(18-26)30(20-36-31)35(34(39)40)19-29-27-14-8-9-15-32(27)38(22-25-12-6-3-7-13-25)33(29)23-37(35)21-24-10-4-2-5-11-24/h2-18,20,29,33,36H,19,21-23H2,1H3,(H,39,40). The van der Waals surface area contributed by atoms with Crippen LogP contribution in [0.25, 0.3) is 10.9 Å². The number of aromatic amines is 1. The van der Waals surface area contributed by atoms with Crippen molar-refractivity contribution in [3.8, 4) is 5.75 Å². The van der Waals surface area contributed by atoms with Gasteiger partial charge in [0.25, 0.3) is 0 Å². The minimum Gasteiger partial charge on any atom is -0.497 e. The van der Waals surface area contributed by atoms with Crippen molar-refractivity contribution in [2.24, 2.45) is 0 Å². The highest BCUT2D eigenvalue weighted by Gasteiger charge is 2.57. The third-order valence-electron chi connectivity index (χ3n) is 9.07. The Bertz CT molecular complexity index is 1700. The van der Waals surface area contributed by atoms with E-state index in [1.807, 2.05) is 48.7 Å². The van der Waals surface area contributed by atoms with Crippen LogP contribution >= 0.6 is 0 Å². The number of carboxylic acids is 1. The molecular weight excluding hydrogens is 510 g/mol. The van der Waals surface area contributed by atoms with Crippen LogP contribution in [0.15, 0.2) is 109 Å². The summed E-state index contributed by atoms with van der Waals surface area (Å²) in [4.78, 5) is 21.8. The van der Waals surface area contributed by atoms with Crippen LogP contribution in [0.2, 0.25) is 0 Å². The van der Waals surface area contributed by atoms with Crippen molar-refractivity contribution < 1.29 is 14.6 Å². The van der Waals surface area contributed by atoms with Gasteiger partial charge in [-0.3, -0.25) is 4.90 Å². The zero-order valence-electron chi connectivity index (χ0n) is 23.0. The quantitative estimate of drug-likeness (QED) is 0.244. The molecule has 41 heavy (non-hydrogen) atoms. The van der Waals surface area contributed by atoms with Gasteiger partial charge in [0.05, 0.1) is 7.11 Å². The molecule has 7 rings (SSSR count). The first-order valence-electron chi connectivity index (χ1n) is 14.2. The van der Waals surface area contributed by atoms with Gasteiger partial charge in [-0.05, 0) is 47.4 Å². The zero-order valence-corrected chi connectivity index (χ0v) is 23.0. The molecule has 2 N–H and O–H groups in total. The number of anilines is 1. The normalized spacial score (nSPS) is 21.9. The Morgan fingerprint density at radius 1 is 0.927 bits per heavy atom. The predicted molar refractivity (Wildman–Crippen MR) is 161 cm³/mol. The lowest BCUT2D eigenvalue weighted by Crippen LogP contribution is -2.61. The molecular formula is C35H33N3O3. The van der Waals surface area contributed by atoms with Crippen molar-refractivity contribution in [2.45, 2.75) is 37.0 Å². The third-order valence-corrected chi connectivity index (χ3v) is 9.07. The smallest absolute Gasteiger partial charge is 0.328 e. The first-order chi connectivity index (χ1) is 20.1. The van der Waals surface area contributed by atoms with Crippen molar-refractivity contribution in [3.63, 3.8) is 0 Å². The van der Waals surface area contributed by atoms with Gasteiger partial charge in [0.1, 0.15) is 11.3 Å². The van der Waals surface area contributed by atoms with Crippen molar-refractivity contribution in [2.75, 3.05) is 18.6 Å². The molecule has 6 heteroatoms. The number of piperidine rings is 1. The van der Waals surface area contributed by atoms with E-state index in [-0.39, 0.29) is 12.0 Å². The van der Waals surface area contributed by atoms with E-state index in [2.05, 4.69) is 75.4 Å². The van der Waals surface area contributed by atoms with Crippen molar-refractivity contribution in [1.82, 2.24) is 9.88 Å². The molecule has 1 fully saturated rings. The lowest BCUT2D eigenvalue weighted by atomic mass is 9.72. The number of H-pyrrole nitrogens is 1. The maximum Gasteiger partial charge on any atom is 0.328 e. The molecule has 2 aliphatic rings. The second-order valence-electron chi connectivity index (χ2n) is 11.2. The summed E-state index contributed by atoms with van der Waals surface area (Å²) in [5, 5.41) is 12.1. The zero-order chi connectivity index (χ0) is 28.0. The minimum absolute atomic E-state index is 0.0635. The number of aromatic nitrogens is 1. The minimum atomic E-state index is -1.24. The van der Waals surface area contributed by atoms with Gasteiger partial charge in [0.2, 0.25) is 0 Å². The number of carboxylic acid groups (broad SMARTS) is 1. The molecule has 1 saturated heterocycles. The van der Waals surface area contributed by atoms with Crippen LogP contribution < -0.4 is 9.64 Å². The highest BCUT2D eigenvalue weighted by molar-refractivity contribution is 5.93. The third kappa shape index (κ3) is 4.18. The number of benzene rings is 4. The van der Waals surface area contributed by atoms with Crippen LogP contribution in [0.1, 0.15) is 34.6 Å². The van der Waals surface area contributed by atoms with Gasteiger partial charge in [-0.1, -0.05) is 78.9 Å². The summed E-state index contributed by atoms with van der Waals surface area (Å²) in [6.07, 6.45) is 2.37. The fourth-order valence-electron chi connectivity index (χ4n) is 7.14. The average Bonchev–Trinajstić information content (AvgIpc) is 3.56. The maximum absolute atomic E-state index is 13.7. The SMILES string of the molecule is COc1ccc2[nH]cc(C3(C(=O)O)CC4c5ccccc5N(Cc5ccccc5)C4CN3Cc3ccccc3)c2c1. The van der Waals surface area contributed by atoms with Crippen LogP contribution in [0.5, 0.6) is 5.75 Å². The van der Waals surface area contributed by atoms with Gasteiger partial charge in [0.15, 0.2) is 0 Å². The molecule has 3 heterocycles. The molecule has 0 bridgehead atoms. The van der Waals surface area contributed by atoms with Gasteiger partial charge < -0.3 is 19.7 Å². The predicted octanol–water partition coefficient (Wildman–Crippen LogP) is 6.53. The van der Waals surface area contributed by atoms with E-state index in [1.165, 1.54) is 16.8 Å². The number of likely N-dealkylation sites (tertiary alicyclic amines) is 1. The summed E-state index contributed by atoms with van der Waals surface area (Å²) < 4.78 is 5.55. The molecule has 0 radical (unpaired) electrons. The summed E-state index contributed by atoms with van der Waals surface area (Å²) in [6, 6.07) is 35.3. The van der Waals surface area contributed by atoms with E-state index in [1.54, 1.807) is 7.11 Å². The van der Waals surface area contributed by atoms with Crippen molar-refractivity contribution in [3.05, 3.63) is 132 Å². The summed E-state index contributed by atoms with van der Waals surface area (Å²) in [5.74, 6) is -0.0504. The molecule has 5 aromatic rings. The number of ether oxygens (including phenoxy) is 1.